The molecule has 1 unspecified atom stereocenters. The molecule has 0 aliphatic carbocycles. The summed E-state index contributed by atoms with van der Waals surface area (Å²) < 4.78 is 0. The van der Waals surface area contributed by atoms with Gasteiger partial charge in [0.05, 0.1) is 6.61 Å². The third-order valence-corrected chi connectivity index (χ3v) is 2.72. The number of carboxylic acids is 1. The van der Waals surface area contributed by atoms with Crippen molar-refractivity contribution < 1.29 is 39.9 Å². The number of nitrogens with two attached hydrogens (primary N) is 1. The van der Waals surface area contributed by atoms with Gasteiger partial charge in [0.25, 0.3) is 0 Å². The number of rotatable bonds is 9. The lowest BCUT2D eigenvalue weighted by molar-refractivity contribution is -0.142. The number of Topliss-reactive ketones (excluding diaryl/α,β-unsaturated/α-hetero) is 1. The lowest BCUT2D eigenvalue weighted by Crippen LogP contribution is -2.56. The predicted octanol–water partition coefficient (Wildman–Crippen LogP) is -4.06. The topological polar surface area (TPSA) is 190 Å². The summed E-state index contributed by atoms with van der Waals surface area (Å²) in [5.74, 6) is -3.10. The lowest BCUT2D eigenvalue weighted by Gasteiger charge is -2.28. The van der Waals surface area contributed by atoms with Crippen LogP contribution >= 0.6 is 0 Å². The summed E-state index contributed by atoms with van der Waals surface area (Å²) in [5, 5.41) is 47.9. The van der Waals surface area contributed by atoms with Crippen molar-refractivity contribution in [1.82, 2.24) is 5.32 Å². The number of ketones is 1. The minimum absolute atomic E-state index is 0.695. The van der Waals surface area contributed by atoms with E-state index in [9.17, 15) is 29.7 Å². The zero-order valence-electron chi connectivity index (χ0n) is 11.3. The van der Waals surface area contributed by atoms with E-state index in [1.165, 1.54) is 0 Å². The summed E-state index contributed by atoms with van der Waals surface area (Å²) in [6.07, 6.45) is -6.29. The zero-order valence-corrected chi connectivity index (χ0v) is 11.3. The normalized spacial score (nSPS) is 18.2. The number of carbonyl (C=O) groups excluding carboxylic acids is 2. The number of aliphatic carboxylic acids is 1. The molecular weight excluding hydrogens is 288 g/mol. The van der Waals surface area contributed by atoms with Crippen molar-refractivity contribution in [3.63, 3.8) is 0 Å². The molecule has 10 heteroatoms. The summed E-state index contributed by atoms with van der Waals surface area (Å²) in [6.45, 7) is 0.160. The van der Waals surface area contributed by atoms with Crippen LogP contribution in [0.25, 0.3) is 0 Å². The molecule has 10 nitrogen and oxygen atoms in total. The summed E-state index contributed by atoms with van der Waals surface area (Å²) in [7, 11) is 0. The van der Waals surface area contributed by atoms with Crippen molar-refractivity contribution >= 4 is 17.7 Å². The van der Waals surface area contributed by atoms with E-state index >= 15 is 0 Å². The highest BCUT2D eigenvalue weighted by atomic mass is 16.4. The van der Waals surface area contributed by atoms with E-state index in [-0.39, 0.29) is 0 Å². The van der Waals surface area contributed by atoms with E-state index in [4.69, 9.17) is 15.9 Å². The van der Waals surface area contributed by atoms with Crippen molar-refractivity contribution in [2.24, 2.45) is 5.73 Å². The molecule has 0 radical (unpaired) electrons. The number of carbonyl (C=O) groups is 3. The van der Waals surface area contributed by atoms with Gasteiger partial charge in [0.15, 0.2) is 5.78 Å². The van der Waals surface area contributed by atoms with Crippen LogP contribution in [0.3, 0.4) is 0 Å². The lowest BCUT2D eigenvalue weighted by atomic mass is 9.94. The second kappa shape index (κ2) is 8.64. The second-order valence-electron chi connectivity index (χ2n) is 4.52. The maximum absolute atomic E-state index is 11.9. The fourth-order valence-corrected chi connectivity index (χ4v) is 1.54. The minimum Gasteiger partial charge on any atom is -0.480 e. The number of amides is 1. The molecule has 0 rings (SSSR count). The quantitative estimate of drug-likeness (QED) is 0.222. The predicted molar refractivity (Wildman–Crippen MR) is 67.9 cm³/mol. The Morgan fingerprint density at radius 2 is 1.67 bits per heavy atom. The van der Waals surface area contributed by atoms with Crippen LogP contribution < -0.4 is 11.1 Å². The van der Waals surface area contributed by atoms with Gasteiger partial charge in [-0.15, -0.1) is 0 Å². The molecular formula is C11H20N2O8. The van der Waals surface area contributed by atoms with Crippen LogP contribution in [0.1, 0.15) is 13.3 Å². The first-order chi connectivity index (χ1) is 9.61. The largest absolute Gasteiger partial charge is 0.480 e. The van der Waals surface area contributed by atoms with E-state index in [0.29, 0.717) is 0 Å². The monoisotopic (exact) mass is 308 g/mol. The molecule has 0 saturated heterocycles. The Morgan fingerprint density at radius 1 is 1.14 bits per heavy atom. The number of hydrogen-bond donors (Lipinski definition) is 7. The third-order valence-electron chi connectivity index (χ3n) is 2.72. The zero-order chi connectivity index (χ0) is 16.7. The number of hydrogen-bond acceptors (Lipinski definition) is 8. The molecule has 0 spiro atoms. The van der Waals surface area contributed by atoms with Crippen molar-refractivity contribution in [2.45, 2.75) is 43.7 Å². The van der Waals surface area contributed by atoms with Crippen molar-refractivity contribution in [1.29, 1.82) is 0 Å². The van der Waals surface area contributed by atoms with Gasteiger partial charge in [0.2, 0.25) is 5.91 Å². The van der Waals surface area contributed by atoms with E-state index < -0.39 is 61.1 Å². The van der Waals surface area contributed by atoms with Crippen LogP contribution in [0.2, 0.25) is 0 Å². The Labute approximate surface area is 120 Å². The fourth-order valence-electron chi connectivity index (χ4n) is 1.54. The molecule has 0 heterocycles. The van der Waals surface area contributed by atoms with E-state index in [2.05, 4.69) is 0 Å². The molecule has 0 fully saturated rings. The Kier molecular flexibility index (Phi) is 7.99. The Morgan fingerprint density at radius 3 is 2.05 bits per heavy atom. The van der Waals surface area contributed by atoms with Crippen molar-refractivity contribution in [3.05, 3.63) is 0 Å². The van der Waals surface area contributed by atoms with Gasteiger partial charge in [-0.1, -0.05) is 0 Å². The van der Waals surface area contributed by atoms with Gasteiger partial charge in [-0.2, -0.15) is 0 Å². The van der Waals surface area contributed by atoms with Gasteiger partial charge in [0, 0.05) is 13.3 Å². The van der Waals surface area contributed by atoms with Gasteiger partial charge in [-0.25, -0.2) is 0 Å². The van der Waals surface area contributed by atoms with Crippen LogP contribution in [0.15, 0.2) is 0 Å². The maximum Gasteiger partial charge on any atom is 0.320 e. The Balaban J connectivity index is 5.05. The first-order valence-corrected chi connectivity index (χ1v) is 6.05. The summed E-state index contributed by atoms with van der Waals surface area (Å²) in [4.78, 5) is 33.5. The number of carboxylic acid groups (broad SMARTS) is 1. The molecule has 5 atom stereocenters. The van der Waals surface area contributed by atoms with E-state index in [0.717, 1.165) is 6.92 Å². The standard InChI is InChI=1S/C11H20N2O8/c1-4(15)13-8(6(16)2-5(12)11(20)21)10(19)9(18)7(17)3-14/h5,7-10,14,17-19H,2-3,12H2,1H3,(H,13,15)(H,20,21)/t5?,7-,8-,9-,10-/m1/s1. The molecule has 0 saturated carbocycles. The third kappa shape index (κ3) is 6.14. The Hall–Kier alpha value is -1.59. The average Bonchev–Trinajstić information content (AvgIpc) is 2.41. The van der Waals surface area contributed by atoms with Crippen LogP contribution in [0.5, 0.6) is 0 Å². The highest BCUT2D eigenvalue weighted by molar-refractivity contribution is 5.92. The van der Waals surface area contributed by atoms with E-state index in [1.54, 1.807) is 0 Å². The van der Waals surface area contributed by atoms with Gasteiger partial charge >= 0.3 is 5.97 Å². The van der Waals surface area contributed by atoms with E-state index in [1.807, 2.05) is 5.32 Å². The molecule has 1 amide bonds. The van der Waals surface area contributed by atoms with Gasteiger partial charge < -0.3 is 36.6 Å². The summed E-state index contributed by atoms with van der Waals surface area (Å²) in [5.41, 5.74) is 5.18. The summed E-state index contributed by atoms with van der Waals surface area (Å²) >= 11 is 0. The first-order valence-electron chi connectivity index (χ1n) is 6.05. The molecule has 8 N–H and O–H groups in total. The van der Waals surface area contributed by atoms with Crippen LogP contribution in [0.4, 0.5) is 0 Å². The smallest absolute Gasteiger partial charge is 0.320 e. The van der Waals surface area contributed by atoms with Gasteiger partial charge in [-0.05, 0) is 0 Å². The van der Waals surface area contributed by atoms with Crippen LogP contribution in [-0.4, -0.2) is 80.2 Å². The van der Waals surface area contributed by atoms with Crippen LogP contribution in [-0.2, 0) is 14.4 Å². The number of aliphatic hydroxyl groups excluding tert-OH is 4. The molecule has 0 aromatic carbocycles. The molecule has 0 aliphatic rings. The SMILES string of the molecule is CC(=O)N[C@H](C(=O)CC(N)C(=O)O)[C@@H](O)[C@H](O)[C@H](O)CO. The average molecular weight is 308 g/mol. The molecule has 0 aromatic heterocycles. The number of aliphatic hydroxyl groups is 4. The number of nitrogens with one attached hydrogen (secondary N) is 1. The van der Waals surface area contributed by atoms with Gasteiger partial charge in [-0.3, -0.25) is 14.4 Å². The minimum atomic E-state index is -1.94. The van der Waals surface area contributed by atoms with Gasteiger partial charge in [0.1, 0.15) is 30.4 Å². The Bertz CT molecular complexity index is 388. The summed E-state index contributed by atoms with van der Waals surface area (Å²) in [6, 6.07) is -3.20. The molecule has 0 aliphatic heterocycles. The van der Waals surface area contributed by atoms with Crippen LogP contribution in [0, 0.1) is 0 Å². The highest BCUT2D eigenvalue weighted by Crippen LogP contribution is 2.09. The highest BCUT2D eigenvalue weighted by Gasteiger charge is 2.36. The second-order valence-corrected chi connectivity index (χ2v) is 4.52. The van der Waals surface area contributed by atoms with Crippen molar-refractivity contribution in [2.75, 3.05) is 6.61 Å². The molecule has 122 valence electrons. The van der Waals surface area contributed by atoms with Crippen molar-refractivity contribution in [3.8, 4) is 0 Å². The molecule has 21 heavy (non-hydrogen) atoms. The fraction of sp³-hybridized carbons (Fsp3) is 0.727. The molecule has 0 bridgehead atoms. The first kappa shape index (κ1) is 19.4. The maximum atomic E-state index is 11.9. The molecule has 0 aromatic rings.